The number of amides is 1. The van der Waals surface area contributed by atoms with E-state index >= 15 is 0 Å². The molecule has 0 bridgehead atoms. The van der Waals surface area contributed by atoms with Gasteiger partial charge in [-0.3, -0.25) is 4.79 Å². The van der Waals surface area contributed by atoms with Gasteiger partial charge in [0.2, 0.25) is 0 Å². The first-order valence-corrected chi connectivity index (χ1v) is 7.19. The fourth-order valence-corrected chi connectivity index (χ4v) is 3.05. The molecular formula is C11H12INO3S. The van der Waals surface area contributed by atoms with Crippen molar-refractivity contribution in [3.63, 3.8) is 0 Å². The molecule has 92 valence electrons. The Kier molecular flexibility index (Phi) is 3.44. The Morgan fingerprint density at radius 3 is 2.65 bits per heavy atom. The molecule has 0 aliphatic heterocycles. The van der Waals surface area contributed by atoms with Crippen LogP contribution in [0.25, 0.3) is 0 Å². The van der Waals surface area contributed by atoms with Gasteiger partial charge < -0.3 is 10.4 Å². The topological polar surface area (TPSA) is 66.4 Å². The Hall–Kier alpha value is -0.630. The molecular weight excluding hydrogens is 353 g/mol. The van der Waals surface area contributed by atoms with E-state index in [2.05, 4.69) is 27.9 Å². The summed E-state index contributed by atoms with van der Waals surface area (Å²) in [5.41, 5.74) is -0.600. The molecule has 1 heterocycles. The van der Waals surface area contributed by atoms with Crippen LogP contribution in [0.4, 0.5) is 0 Å². The summed E-state index contributed by atoms with van der Waals surface area (Å²) >= 11 is 3.60. The Labute approximate surface area is 117 Å². The van der Waals surface area contributed by atoms with E-state index in [1.165, 1.54) is 11.3 Å². The average Bonchev–Trinajstić information content (AvgIpc) is 3.01. The first-order valence-electron chi connectivity index (χ1n) is 5.23. The molecule has 1 atom stereocenters. The van der Waals surface area contributed by atoms with E-state index in [0.29, 0.717) is 5.56 Å². The normalized spacial score (nSPS) is 18.5. The maximum absolute atomic E-state index is 11.9. The van der Waals surface area contributed by atoms with Gasteiger partial charge in [-0.05, 0) is 54.3 Å². The van der Waals surface area contributed by atoms with Gasteiger partial charge in [-0.2, -0.15) is 0 Å². The monoisotopic (exact) mass is 365 g/mol. The number of carboxylic acids is 1. The molecule has 1 aromatic rings. The number of hydrogen-bond donors (Lipinski definition) is 2. The standard InChI is InChI=1S/C11H12INO3S/c1-11(10(15)16,7-2-3-7)13-9(14)6-4-8(12)17-5-6/h4-5,7H,2-3H2,1H3,(H,13,14)(H,15,16). The summed E-state index contributed by atoms with van der Waals surface area (Å²) in [4.78, 5) is 23.2. The van der Waals surface area contributed by atoms with E-state index < -0.39 is 11.5 Å². The highest BCUT2D eigenvalue weighted by Crippen LogP contribution is 2.39. The zero-order valence-corrected chi connectivity index (χ0v) is 12.2. The van der Waals surface area contributed by atoms with Gasteiger partial charge >= 0.3 is 5.97 Å². The van der Waals surface area contributed by atoms with Crippen molar-refractivity contribution in [1.29, 1.82) is 0 Å². The van der Waals surface area contributed by atoms with E-state index in [-0.39, 0.29) is 11.8 Å². The fourth-order valence-electron chi connectivity index (χ4n) is 1.73. The summed E-state index contributed by atoms with van der Waals surface area (Å²) in [5.74, 6) is -1.21. The van der Waals surface area contributed by atoms with Gasteiger partial charge in [0, 0.05) is 5.38 Å². The van der Waals surface area contributed by atoms with E-state index in [4.69, 9.17) is 0 Å². The van der Waals surface area contributed by atoms with Crippen LogP contribution < -0.4 is 5.32 Å². The van der Waals surface area contributed by atoms with E-state index in [1.54, 1.807) is 18.4 Å². The van der Waals surface area contributed by atoms with Gasteiger partial charge in [0.1, 0.15) is 5.54 Å². The number of thiophene rings is 1. The summed E-state index contributed by atoms with van der Waals surface area (Å²) in [7, 11) is 0. The highest BCUT2D eigenvalue weighted by atomic mass is 127. The lowest BCUT2D eigenvalue weighted by Gasteiger charge is -2.25. The molecule has 1 aliphatic rings. The third kappa shape index (κ3) is 2.62. The quantitative estimate of drug-likeness (QED) is 0.805. The van der Waals surface area contributed by atoms with Gasteiger partial charge in [-0.15, -0.1) is 11.3 Å². The lowest BCUT2D eigenvalue weighted by Crippen LogP contribution is -2.53. The fraction of sp³-hybridized carbons (Fsp3) is 0.455. The first kappa shape index (κ1) is 12.8. The zero-order valence-electron chi connectivity index (χ0n) is 9.20. The van der Waals surface area contributed by atoms with Crippen LogP contribution >= 0.6 is 33.9 Å². The molecule has 0 aromatic carbocycles. The molecule has 2 rings (SSSR count). The summed E-state index contributed by atoms with van der Waals surface area (Å²) < 4.78 is 1.01. The Morgan fingerprint density at radius 1 is 1.59 bits per heavy atom. The van der Waals surface area contributed by atoms with Crippen molar-refractivity contribution in [3.8, 4) is 0 Å². The number of nitrogens with one attached hydrogen (secondary N) is 1. The largest absolute Gasteiger partial charge is 0.480 e. The van der Waals surface area contributed by atoms with E-state index in [1.807, 2.05) is 0 Å². The van der Waals surface area contributed by atoms with Crippen molar-refractivity contribution < 1.29 is 14.7 Å². The number of rotatable bonds is 4. The summed E-state index contributed by atoms with van der Waals surface area (Å²) in [6.07, 6.45) is 1.73. The van der Waals surface area contributed by atoms with Crippen molar-refractivity contribution in [1.82, 2.24) is 5.32 Å². The number of carboxylic acid groups (broad SMARTS) is 1. The van der Waals surface area contributed by atoms with Gasteiger partial charge in [-0.25, -0.2) is 4.79 Å². The number of hydrogen-bond acceptors (Lipinski definition) is 3. The molecule has 0 radical (unpaired) electrons. The van der Waals surface area contributed by atoms with Crippen LogP contribution in [0.3, 0.4) is 0 Å². The minimum absolute atomic E-state index is 0.0571. The number of carbonyl (C=O) groups excluding carboxylic acids is 1. The maximum atomic E-state index is 11.9. The molecule has 0 saturated heterocycles. The minimum Gasteiger partial charge on any atom is -0.480 e. The molecule has 1 amide bonds. The molecule has 0 spiro atoms. The molecule has 1 fully saturated rings. The van der Waals surface area contributed by atoms with Gasteiger partial charge in [0.25, 0.3) is 5.91 Å². The third-order valence-electron chi connectivity index (χ3n) is 3.04. The number of aliphatic carboxylic acids is 1. The van der Waals surface area contributed by atoms with Crippen molar-refractivity contribution in [3.05, 3.63) is 19.9 Å². The smallest absolute Gasteiger partial charge is 0.329 e. The van der Waals surface area contributed by atoms with Gasteiger partial charge in [-0.1, -0.05) is 0 Å². The van der Waals surface area contributed by atoms with Crippen LogP contribution in [0, 0.1) is 8.80 Å². The summed E-state index contributed by atoms with van der Waals surface area (Å²) in [6.45, 7) is 1.59. The lowest BCUT2D eigenvalue weighted by molar-refractivity contribution is -0.144. The molecule has 2 N–H and O–H groups in total. The molecule has 1 aliphatic carbocycles. The lowest BCUT2D eigenvalue weighted by atomic mass is 9.95. The van der Waals surface area contributed by atoms with Crippen molar-refractivity contribution in [2.75, 3.05) is 0 Å². The minimum atomic E-state index is -1.13. The molecule has 1 aromatic heterocycles. The molecule has 1 unspecified atom stereocenters. The molecule has 17 heavy (non-hydrogen) atoms. The second-order valence-corrected chi connectivity index (χ2v) is 7.18. The van der Waals surface area contributed by atoms with Crippen LogP contribution in [0.2, 0.25) is 0 Å². The van der Waals surface area contributed by atoms with Crippen molar-refractivity contribution >= 4 is 45.8 Å². The van der Waals surface area contributed by atoms with Crippen LogP contribution in [-0.4, -0.2) is 22.5 Å². The van der Waals surface area contributed by atoms with Gasteiger partial charge in [0.05, 0.1) is 8.45 Å². The Morgan fingerprint density at radius 2 is 2.24 bits per heavy atom. The number of carbonyl (C=O) groups is 2. The van der Waals surface area contributed by atoms with Crippen molar-refractivity contribution in [2.24, 2.45) is 5.92 Å². The van der Waals surface area contributed by atoms with E-state index in [0.717, 1.165) is 15.7 Å². The second-order valence-electron chi connectivity index (χ2n) is 4.38. The third-order valence-corrected chi connectivity index (χ3v) is 4.83. The number of halogens is 1. The van der Waals surface area contributed by atoms with Crippen LogP contribution in [0.1, 0.15) is 30.1 Å². The highest BCUT2D eigenvalue weighted by molar-refractivity contribution is 14.1. The predicted molar refractivity (Wildman–Crippen MR) is 73.3 cm³/mol. The SMILES string of the molecule is CC(NC(=O)c1csc(I)c1)(C(=O)O)C1CC1. The Bertz CT molecular complexity index is 469. The van der Waals surface area contributed by atoms with Crippen LogP contribution in [-0.2, 0) is 4.79 Å². The Balaban J connectivity index is 2.14. The zero-order chi connectivity index (χ0) is 12.6. The molecule has 4 nitrogen and oxygen atoms in total. The maximum Gasteiger partial charge on any atom is 0.329 e. The molecule has 6 heteroatoms. The summed E-state index contributed by atoms with van der Waals surface area (Å²) in [5, 5.41) is 13.6. The van der Waals surface area contributed by atoms with E-state index in [9.17, 15) is 14.7 Å². The predicted octanol–water partition coefficient (Wildman–Crippen LogP) is 2.34. The summed E-state index contributed by atoms with van der Waals surface area (Å²) in [6, 6.07) is 1.76. The second kappa shape index (κ2) is 4.56. The van der Waals surface area contributed by atoms with Crippen LogP contribution in [0.15, 0.2) is 11.4 Å². The van der Waals surface area contributed by atoms with Crippen molar-refractivity contribution in [2.45, 2.75) is 25.3 Å². The molecule has 1 saturated carbocycles. The first-order chi connectivity index (χ1) is 7.93. The highest BCUT2D eigenvalue weighted by Gasteiger charge is 2.48. The average molecular weight is 365 g/mol. The van der Waals surface area contributed by atoms with Crippen LogP contribution in [0.5, 0.6) is 0 Å². The van der Waals surface area contributed by atoms with Gasteiger partial charge in [0.15, 0.2) is 0 Å².